The topological polar surface area (TPSA) is 21.3 Å². The van der Waals surface area contributed by atoms with E-state index in [4.69, 9.17) is 4.74 Å². The van der Waals surface area contributed by atoms with Crippen molar-refractivity contribution in [3.8, 4) is 0 Å². The number of nitrogens with one attached hydrogen (secondary N) is 1. The SMILES string of the molecule is CCOC(C(CCCC(C)C)NC)C(C)(C)C. The summed E-state index contributed by atoms with van der Waals surface area (Å²) < 4.78 is 5.95. The van der Waals surface area contributed by atoms with Crippen LogP contribution in [0, 0.1) is 11.3 Å². The molecule has 2 heteroatoms. The molecule has 0 radical (unpaired) electrons. The lowest BCUT2D eigenvalue weighted by Crippen LogP contribution is -2.47. The molecule has 0 aliphatic heterocycles. The van der Waals surface area contributed by atoms with Gasteiger partial charge in [-0.2, -0.15) is 0 Å². The van der Waals surface area contributed by atoms with E-state index in [-0.39, 0.29) is 5.41 Å². The van der Waals surface area contributed by atoms with Crippen LogP contribution >= 0.6 is 0 Å². The minimum absolute atomic E-state index is 0.196. The quantitative estimate of drug-likeness (QED) is 0.699. The average Bonchev–Trinajstić information content (AvgIpc) is 2.20. The molecule has 2 nitrogen and oxygen atoms in total. The maximum atomic E-state index is 5.95. The highest BCUT2D eigenvalue weighted by Gasteiger charge is 2.31. The molecule has 0 aliphatic rings. The highest BCUT2D eigenvalue weighted by molar-refractivity contribution is 4.85. The Labute approximate surface area is 109 Å². The molecule has 0 rings (SSSR count). The van der Waals surface area contributed by atoms with Crippen molar-refractivity contribution in [3.63, 3.8) is 0 Å². The standard InChI is InChI=1S/C15H33NO/c1-8-17-14(15(4,5)6)13(16-7)11-9-10-12(2)3/h12-14,16H,8-11H2,1-7H3. The van der Waals surface area contributed by atoms with Crippen LogP contribution in [0.4, 0.5) is 0 Å². The molecule has 0 aromatic carbocycles. The average molecular weight is 243 g/mol. The monoisotopic (exact) mass is 243 g/mol. The minimum atomic E-state index is 0.196. The van der Waals surface area contributed by atoms with Crippen LogP contribution < -0.4 is 5.32 Å². The summed E-state index contributed by atoms with van der Waals surface area (Å²) in [4.78, 5) is 0. The van der Waals surface area contributed by atoms with E-state index in [0.29, 0.717) is 12.1 Å². The molecule has 104 valence electrons. The fourth-order valence-electron chi connectivity index (χ4n) is 2.34. The number of hydrogen-bond acceptors (Lipinski definition) is 2. The zero-order chi connectivity index (χ0) is 13.5. The largest absolute Gasteiger partial charge is 0.376 e. The summed E-state index contributed by atoms with van der Waals surface area (Å²) in [6.07, 6.45) is 4.09. The Hall–Kier alpha value is -0.0800. The van der Waals surface area contributed by atoms with Gasteiger partial charge in [0.2, 0.25) is 0 Å². The van der Waals surface area contributed by atoms with Crippen LogP contribution in [0.3, 0.4) is 0 Å². The van der Waals surface area contributed by atoms with Gasteiger partial charge in [-0.3, -0.25) is 0 Å². The van der Waals surface area contributed by atoms with Crippen LogP contribution in [-0.4, -0.2) is 25.8 Å². The molecule has 0 aromatic rings. The Kier molecular flexibility index (Phi) is 8.06. The van der Waals surface area contributed by atoms with E-state index in [9.17, 15) is 0 Å². The molecule has 0 saturated carbocycles. The van der Waals surface area contributed by atoms with Gasteiger partial charge in [-0.25, -0.2) is 0 Å². The first kappa shape index (κ1) is 16.9. The first-order valence-corrected chi connectivity index (χ1v) is 7.11. The predicted octanol–water partition coefficient (Wildman–Crippen LogP) is 3.85. The van der Waals surface area contributed by atoms with Gasteiger partial charge < -0.3 is 10.1 Å². The molecule has 0 spiro atoms. The Morgan fingerprint density at radius 1 is 1.12 bits per heavy atom. The number of ether oxygens (including phenoxy) is 1. The third kappa shape index (κ3) is 7.05. The Morgan fingerprint density at radius 2 is 1.71 bits per heavy atom. The zero-order valence-electron chi connectivity index (χ0n) is 13.0. The fourth-order valence-corrected chi connectivity index (χ4v) is 2.34. The van der Waals surface area contributed by atoms with Gasteiger partial charge in [-0.15, -0.1) is 0 Å². The Morgan fingerprint density at radius 3 is 2.06 bits per heavy atom. The van der Waals surface area contributed by atoms with Gasteiger partial charge in [-0.05, 0) is 31.7 Å². The van der Waals surface area contributed by atoms with E-state index >= 15 is 0 Å². The van der Waals surface area contributed by atoms with Crippen molar-refractivity contribution in [2.24, 2.45) is 11.3 Å². The highest BCUT2D eigenvalue weighted by Crippen LogP contribution is 2.27. The molecule has 0 bridgehead atoms. The molecule has 1 N–H and O–H groups in total. The normalized spacial score (nSPS) is 16.2. The van der Waals surface area contributed by atoms with E-state index < -0.39 is 0 Å². The van der Waals surface area contributed by atoms with E-state index in [0.717, 1.165) is 12.5 Å². The van der Waals surface area contributed by atoms with Gasteiger partial charge in [0, 0.05) is 12.6 Å². The lowest BCUT2D eigenvalue weighted by atomic mass is 9.82. The van der Waals surface area contributed by atoms with Crippen LogP contribution in [0.25, 0.3) is 0 Å². The molecule has 17 heavy (non-hydrogen) atoms. The van der Waals surface area contributed by atoms with Crippen LogP contribution in [0.5, 0.6) is 0 Å². The van der Waals surface area contributed by atoms with Crippen molar-refractivity contribution in [2.75, 3.05) is 13.7 Å². The van der Waals surface area contributed by atoms with Gasteiger partial charge in [-0.1, -0.05) is 47.5 Å². The Bertz CT molecular complexity index is 184. The molecule has 0 aliphatic carbocycles. The lowest BCUT2D eigenvalue weighted by Gasteiger charge is -2.37. The van der Waals surface area contributed by atoms with Crippen molar-refractivity contribution >= 4 is 0 Å². The minimum Gasteiger partial charge on any atom is -0.376 e. The fraction of sp³-hybridized carbons (Fsp3) is 1.00. The summed E-state index contributed by atoms with van der Waals surface area (Å²) >= 11 is 0. The molecule has 0 amide bonds. The predicted molar refractivity (Wildman–Crippen MR) is 76.4 cm³/mol. The van der Waals surface area contributed by atoms with E-state index in [1.807, 2.05) is 0 Å². The van der Waals surface area contributed by atoms with Crippen LogP contribution in [0.15, 0.2) is 0 Å². The summed E-state index contributed by atoms with van der Waals surface area (Å²) in [6, 6.07) is 0.466. The van der Waals surface area contributed by atoms with Crippen LogP contribution in [0.1, 0.15) is 60.8 Å². The van der Waals surface area contributed by atoms with Crippen LogP contribution in [0.2, 0.25) is 0 Å². The third-order valence-corrected chi connectivity index (χ3v) is 3.23. The first-order chi connectivity index (χ1) is 7.82. The van der Waals surface area contributed by atoms with Gasteiger partial charge in [0.05, 0.1) is 6.10 Å². The molecular weight excluding hydrogens is 210 g/mol. The summed E-state index contributed by atoms with van der Waals surface area (Å²) in [7, 11) is 2.05. The van der Waals surface area contributed by atoms with E-state index in [2.05, 4.69) is 53.9 Å². The third-order valence-electron chi connectivity index (χ3n) is 3.23. The van der Waals surface area contributed by atoms with Gasteiger partial charge in [0.25, 0.3) is 0 Å². The highest BCUT2D eigenvalue weighted by atomic mass is 16.5. The summed E-state index contributed by atoms with van der Waals surface area (Å²) in [5.74, 6) is 0.799. The van der Waals surface area contributed by atoms with Crippen molar-refractivity contribution < 1.29 is 4.74 Å². The zero-order valence-corrected chi connectivity index (χ0v) is 13.0. The summed E-state index contributed by atoms with van der Waals surface area (Å²) in [5.41, 5.74) is 0.196. The Balaban J connectivity index is 4.35. The van der Waals surface area contributed by atoms with E-state index in [1.54, 1.807) is 0 Å². The second-order valence-corrected chi connectivity index (χ2v) is 6.46. The van der Waals surface area contributed by atoms with Crippen molar-refractivity contribution in [2.45, 2.75) is 73.0 Å². The second-order valence-electron chi connectivity index (χ2n) is 6.46. The van der Waals surface area contributed by atoms with Gasteiger partial charge in [0.1, 0.15) is 0 Å². The van der Waals surface area contributed by atoms with Gasteiger partial charge >= 0.3 is 0 Å². The number of hydrogen-bond donors (Lipinski definition) is 1. The lowest BCUT2D eigenvalue weighted by molar-refractivity contribution is -0.0364. The molecule has 2 unspecified atom stereocenters. The maximum Gasteiger partial charge on any atom is 0.0775 e. The number of likely N-dealkylation sites (N-methyl/N-ethyl adjacent to an activating group) is 1. The maximum absolute atomic E-state index is 5.95. The summed E-state index contributed by atoms with van der Waals surface area (Å²) in [6.45, 7) is 14.3. The molecule has 2 atom stereocenters. The molecular formula is C15H33NO. The van der Waals surface area contributed by atoms with Crippen molar-refractivity contribution in [1.29, 1.82) is 0 Å². The second kappa shape index (κ2) is 8.10. The molecule has 0 saturated heterocycles. The van der Waals surface area contributed by atoms with Crippen LogP contribution in [-0.2, 0) is 4.74 Å². The van der Waals surface area contributed by atoms with Crippen molar-refractivity contribution in [3.05, 3.63) is 0 Å². The molecule has 0 fully saturated rings. The molecule has 0 heterocycles. The first-order valence-electron chi connectivity index (χ1n) is 7.11. The van der Waals surface area contributed by atoms with Gasteiger partial charge in [0.15, 0.2) is 0 Å². The summed E-state index contributed by atoms with van der Waals surface area (Å²) in [5, 5.41) is 3.44. The number of rotatable bonds is 8. The van der Waals surface area contributed by atoms with E-state index in [1.165, 1.54) is 19.3 Å². The van der Waals surface area contributed by atoms with Crippen molar-refractivity contribution in [1.82, 2.24) is 5.32 Å². The smallest absolute Gasteiger partial charge is 0.0775 e. The molecule has 0 aromatic heterocycles.